The second-order valence-corrected chi connectivity index (χ2v) is 31.5. The molecule has 0 rings (SSSR count). The highest BCUT2D eigenvalue weighted by Crippen LogP contribution is 2.45. The van der Waals surface area contributed by atoms with Gasteiger partial charge in [0.05, 0.1) is 26.4 Å². The molecule has 0 aliphatic heterocycles. The van der Waals surface area contributed by atoms with E-state index in [1.807, 2.05) is 0 Å². The van der Waals surface area contributed by atoms with Crippen molar-refractivity contribution in [1.29, 1.82) is 0 Å². The van der Waals surface area contributed by atoms with Crippen LogP contribution in [0.4, 0.5) is 0 Å². The quantitative estimate of drug-likeness (QED) is 0.0146. The summed E-state index contributed by atoms with van der Waals surface area (Å²) in [6, 6.07) is 0. The monoisotopic (exact) mass is 1540 g/mol. The van der Waals surface area contributed by atoms with E-state index in [-0.39, 0.29) is 19.3 Å². The van der Waals surface area contributed by atoms with Gasteiger partial charge < -0.3 is 34.2 Å². The van der Waals surface area contributed by atoms with Crippen molar-refractivity contribution in [3.8, 4) is 0 Å². The smallest absolute Gasteiger partial charge is 0.463 e. The van der Waals surface area contributed by atoms with Gasteiger partial charge in [-0.25, -0.2) is 9.13 Å². The molecular weight excluding hydrogens is 1390 g/mol. The molecule has 4 N–H and O–H groups in total. The number of ether oxygens (including phenoxy) is 3. The zero-order valence-electron chi connectivity index (χ0n) is 67.8. The molecule has 16 nitrogen and oxygen atoms in total. The first kappa shape index (κ1) is 103. The second kappa shape index (κ2) is 81.4. The summed E-state index contributed by atoms with van der Waals surface area (Å²) in [5.74, 6) is -1.56. The number of hydrogen-bond donors (Lipinski definition) is 4. The number of esters is 3. The van der Waals surface area contributed by atoms with Crippen molar-refractivity contribution in [1.82, 2.24) is 0 Å². The molecule has 0 aromatic heterocycles. The van der Waals surface area contributed by atoms with Gasteiger partial charge in [-0.3, -0.25) is 32.5 Å². The number of phosphoric acid groups is 2. The Morgan fingerprint density at radius 1 is 0.271 bits per heavy atom. The van der Waals surface area contributed by atoms with Crippen molar-refractivity contribution in [2.45, 2.75) is 386 Å². The standard InChI is InChI=1S/C89H156O16P2/c1-4-7-10-13-16-19-22-25-27-29-31-33-35-37-39-41-43-45-47-49-51-53-55-58-60-63-66-69-72-75-87(92)99-78-84(90)79-101-106(95,96)102-80-85(91)81-103-107(97,98)104-83-86(105-89(94)77-74-71-68-65-62-57-24-21-18-15-12-9-6-3)82-100-88(93)76-73-70-67-64-61-59-56-54-52-50-48-46-44-42-40-38-36-34-32-30-28-26-23-20-17-14-11-8-5-2/h7-8,10-11,16-17,19-20,25-28,31-34,37-40,84-86,90-91H,4-6,9,12-15,18,21-24,29-30,35-36,41-83H2,1-3H3,(H,95,96)(H,97,98)/b10-7-,11-8-,19-16-,20-17-,27-25-,28-26-,33-31-,34-32-,39-37-,40-38-. The first-order valence-corrected chi connectivity index (χ1v) is 45.8. The molecule has 0 saturated heterocycles. The van der Waals surface area contributed by atoms with Gasteiger partial charge in [-0.15, -0.1) is 0 Å². The maximum Gasteiger partial charge on any atom is 0.472 e. The molecule has 18 heteroatoms. The molecule has 0 radical (unpaired) electrons. The molecule has 0 bridgehead atoms. The first-order valence-electron chi connectivity index (χ1n) is 42.8. The summed E-state index contributed by atoms with van der Waals surface area (Å²) in [5, 5.41) is 20.7. The zero-order valence-corrected chi connectivity index (χ0v) is 69.6. The van der Waals surface area contributed by atoms with Gasteiger partial charge in [0.2, 0.25) is 0 Å². The van der Waals surface area contributed by atoms with E-state index < -0.39 is 91.5 Å². The van der Waals surface area contributed by atoms with Gasteiger partial charge in [0, 0.05) is 19.3 Å². The number of allylic oxidation sites excluding steroid dienone is 20. The lowest BCUT2D eigenvalue weighted by molar-refractivity contribution is -0.161. The van der Waals surface area contributed by atoms with E-state index >= 15 is 0 Å². The molecule has 107 heavy (non-hydrogen) atoms. The normalized spacial score (nSPS) is 14.5. The predicted molar refractivity (Wildman–Crippen MR) is 445 cm³/mol. The van der Waals surface area contributed by atoms with Gasteiger partial charge >= 0.3 is 33.6 Å². The summed E-state index contributed by atoms with van der Waals surface area (Å²) in [7, 11) is -9.79. The van der Waals surface area contributed by atoms with Crippen LogP contribution in [0.1, 0.15) is 367 Å². The average Bonchev–Trinajstić information content (AvgIpc) is 0.909. The molecule has 618 valence electrons. The van der Waals surface area contributed by atoms with Gasteiger partial charge in [-0.05, 0) is 109 Å². The highest BCUT2D eigenvalue weighted by atomic mass is 31.2. The number of rotatable bonds is 81. The van der Waals surface area contributed by atoms with E-state index in [9.17, 15) is 43.5 Å². The third kappa shape index (κ3) is 82.7. The Bertz CT molecular complexity index is 2430. The lowest BCUT2D eigenvalue weighted by Crippen LogP contribution is -2.30. The van der Waals surface area contributed by atoms with E-state index in [0.717, 1.165) is 141 Å². The van der Waals surface area contributed by atoms with E-state index in [2.05, 4.69) is 142 Å². The Labute approximate surface area is 653 Å². The summed E-state index contributed by atoms with van der Waals surface area (Å²) in [6.07, 6.45) is 98.2. The van der Waals surface area contributed by atoms with Crippen LogP contribution < -0.4 is 0 Å². The SMILES string of the molecule is CC/C=C\C/C=C\C/C=C\C/C=C\C/C=C\CCCCCCCCCCCCCCCC(=O)OCC(O)COP(=O)(O)OCC(O)COP(=O)(O)OCC(COC(=O)CCCCCCCCCCCCCCC/C=C\C/C=C\C/C=C\C/C=C\C/C=C\CC)OC(=O)CCCCCCCCCCCCCCC. The Kier molecular flexibility index (Phi) is 78.4. The van der Waals surface area contributed by atoms with Crippen LogP contribution in [0.5, 0.6) is 0 Å². The number of carbonyl (C=O) groups is 3. The molecule has 0 aromatic carbocycles. The Morgan fingerprint density at radius 3 is 0.785 bits per heavy atom. The molecule has 0 aliphatic carbocycles. The third-order valence-electron chi connectivity index (χ3n) is 18.2. The molecule has 0 aromatic rings. The van der Waals surface area contributed by atoms with Crippen LogP contribution >= 0.6 is 15.6 Å². The van der Waals surface area contributed by atoms with E-state index in [4.69, 9.17) is 32.3 Å². The first-order chi connectivity index (χ1) is 52.2. The number of aliphatic hydroxyl groups is 2. The van der Waals surface area contributed by atoms with Crippen molar-refractivity contribution >= 4 is 33.6 Å². The Morgan fingerprint density at radius 2 is 0.495 bits per heavy atom. The minimum Gasteiger partial charge on any atom is -0.463 e. The molecule has 0 heterocycles. The van der Waals surface area contributed by atoms with Gasteiger partial charge in [0.1, 0.15) is 25.4 Å². The van der Waals surface area contributed by atoms with Crippen LogP contribution in [0.2, 0.25) is 0 Å². The minimum atomic E-state index is -4.93. The van der Waals surface area contributed by atoms with Crippen molar-refractivity contribution in [3.05, 3.63) is 122 Å². The van der Waals surface area contributed by atoms with E-state index in [1.54, 1.807) is 0 Å². The molecule has 0 spiro atoms. The number of phosphoric ester groups is 2. The van der Waals surface area contributed by atoms with Crippen LogP contribution in [0.3, 0.4) is 0 Å². The number of aliphatic hydroxyl groups excluding tert-OH is 2. The molecule has 0 aliphatic rings. The lowest BCUT2D eigenvalue weighted by atomic mass is 10.0. The van der Waals surface area contributed by atoms with Crippen LogP contribution in [0.15, 0.2) is 122 Å². The minimum absolute atomic E-state index is 0.108. The third-order valence-corrected chi connectivity index (χ3v) is 20.1. The van der Waals surface area contributed by atoms with Crippen molar-refractivity contribution < 1.29 is 75.8 Å². The highest BCUT2D eigenvalue weighted by Gasteiger charge is 2.29. The maximum atomic E-state index is 13.0. The van der Waals surface area contributed by atoms with E-state index in [1.165, 1.54) is 167 Å². The zero-order chi connectivity index (χ0) is 78.0. The molecule has 0 saturated carbocycles. The summed E-state index contributed by atoms with van der Waals surface area (Å²) in [5.41, 5.74) is 0. The van der Waals surface area contributed by atoms with Gasteiger partial charge in [-0.2, -0.15) is 0 Å². The Hall–Kier alpha value is -4.05. The molecule has 5 atom stereocenters. The van der Waals surface area contributed by atoms with Gasteiger partial charge in [0.25, 0.3) is 0 Å². The molecule has 5 unspecified atom stereocenters. The van der Waals surface area contributed by atoms with Crippen LogP contribution in [-0.2, 0) is 55.8 Å². The summed E-state index contributed by atoms with van der Waals surface area (Å²) in [6.45, 7) is 2.50. The lowest BCUT2D eigenvalue weighted by Gasteiger charge is -2.21. The van der Waals surface area contributed by atoms with Crippen molar-refractivity contribution in [2.75, 3.05) is 39.6 Å². The van der Waals surface area contributed by atoms with Crippen LogP contribution in [0, 0.1) is 0 Å². The second-order valence-electron chi connectivity index (χ2n) is 28.6. The molecule has 0 amide bonds. The molecular formula is C89H156O16P2. The van der Waals surface area contributed by atoms with Gasteiger partial charge in [-0.1, -0.05) is 361 Å². The van der Waals surface area contributed by atoms with Crippen molar-refractivity contribution in [3.63, 3.8) is 0 Å². The maximum absolute atomic E-state index is 13.0. The fourth-order valence-corrected chi connectivity index (χ4v) is 13.3. The average molecular weight is 1540 g/mol. The summed E-state index contributed by atoms with van der Waals surface area (Å²) in [4.78, 5) is 58.8. The van der Waals surface area contributed by atoms with E-state index in [0.29, 0.717) is 19.3 Å². The highest BCUT2D eigenvalue weighted by molar-refractivity contribution is 7.47. The molecule has 0 fully saturated rings. The van der Waals surface area contributed by atoms with Crippen molar-refractivity contribution in [2.24, 2.45) is 0 Å². The largest absolute Gasteiger partial charge is 0.472 e. The number of carbonyl (C=O) groups excluding carboxylic acids is 3. The fraction of sp³-hybridized carbons (Fsp3) is 0.742. The fourth-order valence-electron chi connectivity index (χ4n) is 11.7. The van der Waals surface area contributed by atoms with Gasteiger partial charge in [0.15, 0.2) is 6.10 Å². The summed E-state index contributed by atoms with van der Waals surface area (Å²) >= 11 is 0. The summed E-state index contributed by atoms with van der Waals surface area (Å²) < 4.78 is 61.3. The van der Waals surface area contributed by atoms with Crippen LogP contribution in [0.25, 0.3) is 0 Å². The number of hydrogen-bond acceptors (Lipinski definition) is 14. The predicted octanol–water partition coefficient (Wildman–Crippen LogP) is 25.7. The topological polar surface area (TPSA) is 231 Å². The number of unbranched alkanes of at least 4 members (excludes halogenated alkanes) is 38. The van der Waals surface area contributed by atoms with Crippen LogP contribution in [-0.4, -0.2) is 95.9 Å². The Balaban J connectivity index is 4.46.